The first-order chi connectivity index (χ1) is 10.8. The molecule has 122 valence electrons. The molecule has 0 aliphatic carbocycles. The van der Waals surface area contributed by atoms with Gasteiger partial charge in [0.05, 0.1) is 17.3 Å². The maximum Gasteiger partial charge on any atom is 0.308 e. The van der Waals surface area contributed by atoms with E-state index in [4.69, 9.17) is 16.7 Å². The molecule has 1 atom stereocenters. The second kappa shape index (κ2) is 6.78. The monoisotopic (exact) mass is 336 g/mol. The van der Waals surface area contributed by atoms with E-state index >= 15 is 0 Å². The maximum absolute atomic E-state index is 12.4. The number of nitrogens with zero attached hydrogens (tertiary/aromatic N) is 4. The first-order valence-corrected chi connectivity index (χ1v) is 7.35. The summed E-state index contributed by atoms with van der Waals surface area (Å²) < 4.78 is 1.52. The Kier molecular flexibility index (Phi) is 5.00. The van der Waals surface area contributed by atoms with Crippen LogP contribution >= 0.6 is 11.6 Å². The molecular weight excluding hydrogens is 320 g/mol. The van der Waals surface area contributed by atoms with Gasteiger partial charge in [0.1, 0.15) is 0 Å². The third-order valence-corrected chi connectivity index (χ3v) is 3.70. The predicted octanol–water partition coefficient (Wildman–Crippen LogP) is 2.02. The van der Waals surface area contributed by atoms with Gasteiger partial charge >= 0.3 is 5.97 Å². The molecule has 1 aromatic heterocycles. The zero-order chi connectivity index (χ0) is 17.1. The topological polar surface area (TPSA) is 88.3 Å². The number of hydrogen-bond donors (Lipinski definition) is 1. The van der Waals surface area contributed by atoms with Gasteiger partial charge in [-0.3, -0.25) is 9.59 Å². The third kappa shape index (κ3) is 3.68. The van der Waals surface area contributed by atoms with E-state index in [1.54, 1.807) is 45.2 Å². The number of amides is 1. The number of aromatic nitrogens is 3. The fourth-order valence-electron chi connectivity index (χ4n) is 2.13. The summed E-state index contributed by atoms with van der Waals surface area (Å²) in [5.74, 6) is -1.99. The summed E-state index contributed by atoms with van der Waals surface area (Å²) in [6.07, 6.45) is 0. The van der Waals surface area contributed by atoms with E-state index < -0.39 is 11.9 Å². The molecule has 0 aliphatic rings. The van der Waals surface area contributed by atoms with Crippen LogP contribution in [0.15, 0.2) is 24.3 Å². The van der Waals surface area contributed by atoms with Crippen LogP contribution in [0.2, 0.25) is 5.02 Å². The predicted molar refractivity (Wildman–Crippen MR) is 84.9 cm³/mol. The van der Waals surface area contributed by atoms with Crippen LogP contribution in [-0.2, 0) is 4.79 Å². The Hall–Kier alpha value is -2.41. The Balaban J connectivity index is 2.25. The van der Waals surface area contributed by atoms with Crippen molar-refractivity contribution in [3.63, 3.8) is 0 Å². The smallest absolute Gasteiger partial charge is 0.308 e. The molecule has 1 unspecified atom stereocenters. The first-order valence-electron chi connectivity index (χ1n) is 6.97. The van der Waals surface area contributed by atoms with Crippen LogP contribution < -0.4 is 0 Å². The van der Waals surface area contributed by atoms with Crippen molar-refractivity contribution in [2.75, 3.05) is 13.6 Å². The molecule has 8 heteroatoms. The molecule has 0 bridgehead atoms. The summed E-state index contributed by atoms with van der Waals surface area (Å²) in [5, 5.41) is 17.4. The molecule has 0 radical (unpaired) electrons. The molecular formula is C15H17ClN4O3. The second-order valence-corrected chi connectivity index (χ2v) is 5.78. The molecule has 2 aromatic rings. The number of benzene rings is 1. The number of carbonyl (C=O) groups excluding carboxylic acids is 1. The minimum Gasteiger partial charge on any atom is -0.481 e. The molecule has 1 amide bonds. The van der Waals surface area contributed by atoms with Crippen molar-refractivity contribution in [1.82, 2.24) is 19.9 Å². The van der Waals surface area contributed by atoms with Crippen molar-refractivity contribution >= 4 is 23.5 Å². The number of halogens is 1. The van der Waals surface area contributed by atoms with Crippen molar-refractivity contribution in [2.45, 2.75) is 13.8 Å². The molecule has 1 N–H and O–H groups in total. The fourth-order valence-corrected chi connectivity index (χ4v) is 2.32. The number of hydrogen-bond acceptors (Lipinski definition) is 4. The molecule has 0 saturated heterocycles. The van der Waals surface area contributed by atoms with Crippen LogP contribution in [-0.4, -0.2) is 50.5 Å². The van der Waals surface area contributed by atoms with Crippen molar-refractivity contribution in [2.24, 2.45) is 5.92 Å². The number of carboxylic acid groups (broad SMARTS) is 1. The van der Waals surface area contributed by atoms with Crippen LogP contribution in [0.5, 0.6) is 0 Å². The van der Waals surface area contributed by atoms with Gasteiger partial charge in [0.25, 0.3) is 5.91 Å². The van der Waals surface area contributed by atoms with E-state index in [0.717, 1.165) is 0 Å². The zero-order valence-corrected chi connectivity index (χ0v) is 13.8. The van der Waals surface area contributed by atoms with E-state index in [9.17, 15) is 9.59 Å². The average Bonchev–Trinajstić information content (AvgIpc) is 2.87. The van der Waals surface area contributed by atoms with E-state index in [-0.39, 0.29) is 18.1 Å². The summed E-state index contributed by atoms with van der Waals surface area (Å²) in [6.45, 7) is 3.36. The van der Waals surface area contributed by atoms with E-state index in [0.29, 0.717) is 16.4 Å². The lowest BCUT2D eigenvalue weighted by Gasteiger charge is -2.18. The number of aliphatic carboxylic acids is 1. The Morgan fingerprint density at radius 2 is 2.13 bits per heavy atom. The summed E-state index contributed by atoms with van der Waals surface area (Å²) in [7, 11) is 1.54. The molecule has 1 aromatic carbocycles. The molecule has 2 rings (SSSR count). The average molecular weight is 337 g/mol. The minimum atomic E-state index is -0.955. The highest BCUT2D eigenvalue weighted by Crippen LogP contribution is 2.17. The lowest BCUT2D eigenvalue weighted by Crippen LogP contribution is -2.34. The lowest BCUT2D eigenvalue weighted by molar-refractivity contribution is -0.141. The summed E-state index contributed by atoms with van der Waals surface area (Å²) in [4.78, 5) is 24.7. The van der Waals surface area contributed by atoms with Crippen LogP contribution in [0, 0.1) is 12.8 Å². The largest absolute Gasteiger partial charge is 0.481 e. The van der Waals surface area contributed by atoms with Gasteiger partial charge < -0.3 is 10.0 Å². The van der Waals surface area contributed by atoms with E-state index in [2.05, 4.69) is 10.3 Å². The van der Waals surface area contributed by atoms with Gasteiger partial charge in [-0.2, -0.15) is 0 Å². The quantitative estimate of drug-likeness (QED) is 0.902. The summed E-state index contributed by atoms with van der Waals surface area (Å²) >= 11 is 5.96. The highest BCUT2D eigenvalue weighted by molar-refractivity contribution is 6.30. The highest BCUT2D eigenvalue weighted by Gasteiger charge is 2.23. The fraction of sp³-hybridized carbons (Fsp3) is 0.333. The summed E-state index contributed by atoms with van der Waals surface area (Å²) in [6, 6.07) is 7.04. The van der Waals surface area contributed by atoms with Gasteiger partial charge in [-0.25, -0.2) is 4.68 Å². The third-order valence-electron chi connectivity index (χ3n) is 3.47. The first kappa shape index (κ1) is 17.0. The van der Waals surface area contributed by atoms with Gasteiger partial charge in [-0.05, 0) is 25.1 Å². The van der Waals surface area contributed by atoms with Crippen LogP contribution in [0.1, 0.15) is 23.1 Å². The Labute approximate surface area is 138 Å². The molecule has 1 heterocycles. The van der Waals surface area contributed by atoms with Gasteiger partial charge in [0, 0.05) is 18.6 Å². The molecule has 0 fully saturated rings. The van der Waals surface area contributed by atoms with Gasteiger partial charge in [-0.15, -0.1) is 5.10 Å². The molecule has 0 saturated carbocycles. The maximum atomic E-state index is 12.4. The standard InChI is InChI=1S/C15H17ClN4O3/c1-9(15(22)23)8-19(3)14(21)13-10(2)20(18-17-13)12-6-4-5-11(16)7-12/h4-7,9H,8H2,1-3H3,(H,22,23). The zero-order valence-electron chi connectivity index (χ0n) is 13.0. The van der Waals surface area contributed by atoms with E-state index in [1.165, 1.54) is 9.58 Å². The highest BCUT2D eigenvalue weighted by atomic mass is 35.5. The van der Waals surface area contributed by atoms with Crippen molar-refractivity contribution in [1.29, 1.82) is 0 Å². The van der Waals surface area contributed by atoms with E-state index in [1.807, 2.05) is 0 Å². The van der Waals surface area contributed by atoms with Crippen molar-refractivity contribution in [3.8, 4) is 5.69 Å². The lowest BCUT2D eigenvalue weighted by atomic mass is 10.1. The Morgan fingerprint density at radius 1 is 1.43 bits per heavy atom. The molecule has 0 spiro atoms. The second-order valence-electron chi connectivity index (χ2n) is 5.34. The van der Waals surface area contributed by atoms with Crippen LogP contribution in [0.25, 0.3) is 5.69 Å². The number of rotatable bonds is 5. The molecule has 7 nitrogen and oxygen atoms in total. The summed E-state index contributed by atoms with van der Waals surface area (Å²) in [5.41, 5.74) is 1.44. The van der Waals surface area contributed by atoms with Gasteiger partial charge in [0.15, 0.2) is 5.69 Å². The number of carboxylic acids is 1. The van der Waals surface area contributed by atoms with Gasteiger partial charge in [-0.1, -0.05) is 29.8 Å². The van der Waals surface area contributed by atoms with Crippen molar-refractivity contribution in [3.05, 3.63) is 40.7 Å². The minimum absolute atomic E-state index is 0.0949. The van der Waals surface area contributed by atoms with Crippen LogP contribution in [0.4, 0.5) is 0 Å². The molecule has 0 aliphatic heterocycles. The van der Waals surface area contributed by atoms with Crippen molar-refractivity contribution < 1.29 is 14.7 Å². The Bertz CT molecular complexity index is 744. The normalized spacial score (nSPS) is 12.0. The van der Waals surface area contributed by atoms with Gasteiger partial charge in [0.2, 0.25) is 0 Å². The molecule has 23 heavy (non-hydrogen) atoms. The Morgan fingerprint density at radius 3 is 2.74 bits per heavy atom. The number of carbonyl (C=O) groups is 2. The van der Waals surface area contributed by atoms with Crippen LogP contribution in [0.3, 0.4) is 0 Å². The SMILES string of the molecule is Cc1c(C(=O)N(C)CC(C)C(=O)O)nnn1-c1cccc(Cl)c1.